The lowest BCUT2D eigenvalue weighted by atomic mass is 9.88. The van der Waals surface area contributed by atoms with E-state index in [9.17, 15) is 55.5 Å². The minimum absolute atomic E-state index is 0.0433. The summed E-state index contributed by atoms with van der Waals surface area (Å²) < 4.78 is 28.3. The first-order chi connectivity index (χ1) is 27.2. The number of phenols is 2. The van der Waals surface area contributed by atoms with Crippen molar-refractivity contribution in [3.05, 3.63) is 59.7 Å². The Hall–Kier alpha value is -3.42. The van der Waals surface area contributed by atoms with Crippen molar-refractivity contribution in [3.8, 4) is 11.5 Å². The van der Waals surface area contributed by atoms with Crippen LogP contribution in [0, 0.1) is 11.8 Å². The van der Waals surface area contributed by atoms with Crippen LogP contribution in [-0.4, -0.2) is 132 Å². The average Bonchev–Trinajstić information content (AvgIpc) is 3.18. The normalized spacial score (nSPS) is 29.8. The topological polar surface area (TPSA) is 262 Å². The van der Waals surface area contributed by atoms with Crippen LogP contribution in [0.2, 0.25) is 0 Å². The van der Waals surface area contributed by atoms with Crippen LogP contribution >= 0.6 is 0 Å². The molecule has 57 heavy (non-hydrogen) atoms. The van der Waals surface area contributed by atoms with Crippen LogP contribution < -0.4 is 0 Å². The quantitative estimate of drug-likeness (QED) is 0.0283. The van der Waals surface area contributed by atoms with Crippen LogP contribution in [0.3, 0.4) is 0 Å². The van der Waals surface area contributed by atoms with Crippen molar-refractivity contribution in [2.45, 2.75) is 147 Å². The molecule has 2 aliphatic rings. The Kier molecular flexibility index (Phi) is 20.1. The van der Waals surface area contributed by atoms with E-state index >= 15 is 0 Å². The van der Waals surface area contributed by atoms with Gasteiger partial charge in [-0.15, -0.1) is 0 Å². The molecule has 0 radical (unpaired) electrons. The highest BCUT2D eigenvalue weighted by Gasteiger charge is 2.53. The van der Waals surface area contributed by atoms with Gasteiger partial charge in [0, 0.05) is 24.1 Å². The maximum atomic E-state index is 13.2. The van der Waals surface area contributed by atoms with E-state index in [2.05, 4.69) is 26.0 Å². The Labute approximate surface area is 333 Å². The average molecular weight is 811 g/mol. The van der Waals surface area contributed by atoms with E-state index in [1.54, 1.807) is 13.0 Å². The number of hydrogen-bond donors (Lipinski definition) is 9. The summed E-state index contributed by atoms with van der Waals surface area (Å²) in [5.41, 5.74) is -0.239. The van der Waals surface area contributed by atoms with Crippen molar-refractivity contribution in [2.75, 3.05) is 13.2 Å². The summed E-state index contributed by atoms with van der Waals surface area (Å²) in [6.45, 7) is 5.94. The van der Waals surface area contributed by atoms with Crippen LogP contribution in [0.5, 0.6) is 11.5 Å². The van der Waals surface area contributed by atoms with Crippen molar-refractivity contribution in [3.63, 3.8) is 0 Å². The summed E-state index contributed by atoms with van der Waals surface area (Å²) in [6.07, 6.45) is -3.00. The number of aliphatic hydroxyl groups excluding tert-OH is 7. The standard InChI is InChI=1S/C41H62O16/c1-5-13-31(47)53-22-30-34(49)35(50)36(51)41(55-30)57-38-29(21-43)54-39(33-25(20-42)18-26(44)19-28(33)46)37(52)40(38)56-32(48)17-12-8-11-16-27(45)24(4)15-10-7-9-14-23(3)6-2/h8-9,11-12,14,17-19,23-24,27,29-30,34-46,49-52H,5-7,10,13,15-16,20-22H2,1-4H3/b11-8+,14-9+,17-12+/t23?,24?,27?,29-,30-,34+,35+,36-,37+,38-,39?,40-,41+/m1/s1. The second-order valence-corrected chi connectivity index (χ2v) is 14.7. The molecular weight excluding hydrogens is 748 g/mol. The number of esters is 2. The number of benzene rings is 1. The molecule has 16 heteroatoms. The van der Waals surface area contributed by atoms with Crippen molar-refractivity contribution in [2.24, 2.45) is 11.8 Å². The number of rotatable bonds is 21. The van der Waals surface area contributed by atoms with E-state index in [1.807, 2.05) is 6.92 Å². The fourth-order valence-electron chi connectivity index (χ4n) is 6.58. The van der Waals surface area contributed by atoms with Gasteiger partial charge in [-0.25, -0.2) is 4.79 Å². The van der Waals surface area contributed by atoms with Gasteiger partial charge in [0.25, 0.3) is 0 Å². The van der Waals surface area contributed by atoms with Crippen LogP contribution in [0.15, 0.2) is 48.6 Å². The molecule has 0 amide bonds. The zero-order valence-corrected chi connectivity index (χ0v) is 33.1. The van der Waals surface area contributed by atoms with Gasteiger partial charge in [-0.05, 0) is 55.6 Å². The third-order valence-corrected chi connectivity index (χ3v) is 10.2. The zero-order valence-electron chi connectivity index (χ0n) is 33.1. The molecule has 13 atom stereocenters. The number of ether oxygens (including phenoxy) is 5. The molecule has 1 aromatic rings. The molecule has 0 saturated carbocycles. The molecule has 9 N–H and O–H groups in total. The lowest BCUT2D eigenvalue weighted by Gasteiger charge is -2.47. The maximum absolute atomic E-state index is 13.2. The van der Waals surface area contributed by atoms with Gasteiger partial charge in [0.2, 0.25) is 0 Å². The largest absolute Gasteiger partial charge is 0.508 e. The second kappa shape index (κ2) is 23.9. The Balaban J connectivity index is 1.81. The van der Waals surface area contributed by atoms with E-state index in [-0.39, 0.29) is 23.5 Å². The summed E-state index contributed by atoms with van der Waals surface area (Å²) in [5.74, 6) is -2.02. The predicted molar refractivity (Wildman–Crippen MR) is 204 cm³/mol. The summed E-state index contributed by atoms with van der Waals surface area (Å²) in [5, 5.41) is 95.5. The molecule has 2 aliphatic heterocycles. The molecule has 3 rings (SSSR count). The first-order valence-corrected chi connectivity index (χ1v) is 19.7. The minimum atomic E-state index is -1.93. The van der Waals surface area contributed by atoms with Gasteiger partial charge < -0.3 is 69.6 Å². The molecule has 2 fully saturated rings. The van der Waals surface area contributed by atoms with Crippen molar-refractivity contribution in [1.29, 1.82) is 0 Å². The Morgan fingerprint density at radius 2 is 1.65 bits per heavy atom. The fraction of sp³-hybridized carbons (Fsp3) is 0.659. The van der Waals surface area contributed by atoms with Gasteiger partial charge in [-0.1, -0.05) is 64.5 Å². The summed E-state index contributed by atoms with van der Waals surface area (Å²) in [4.78, 5) is 25.2. The van der Waals surface area contributed by atoms with Gasteiger partial charge in [-0.3, -0.25) is 4.79 Å². The van der Waals surface area contributed by atoms with Crippen molar-refractivity contribution < 1.29 is 79.2 Å². The molecule has 2 saturated heterocycles. The van der Waals surface area contributed by atoms with Gasteiger partial charge in [0.1, 0.15) is 66.9 Å². The molecule has 0 spiro atoms. The number of unbranched alkanes of at least 4 members (excludes halogenated alkanes) is 1. The number of hydrogen-bond acceptors (Lipinski definition) is 16. The van der Waals surface area contributed by atoms with Gasteiger partial charge >= 0.3 is 11.9 Å². The van der Waals surface area contributed by atoms with Gasteiger partial charge in [0.15, 0.2) is 12.4 Å². The third-order valence-electron chi connectivity index (χ3n) is 10.2. The zero-order chi connectivity index (χ0) is 42.2. The number of aromatic hydroxyl groups is 2. The Morgan fingerprint density at radius 1 is 0.912 bits per heavy atom. The first kappa shape index (κ1) is 48.0. The first-order valence-electron chi connectivity index (χ1n) is 19.7. The maximum Gasteiger partial charge on any atom is 0.331 e. The van der Waals surface area contributed by atoms with Crippen LogP contribution in [-0.2, 0) is 39.9 Å². The third kappa shape index (κ3) is 13.8. The van der Waals surface area contributed by atoms with E-state index in [4.69, 9.17) is 23.7 Å². The molecule has 16 nitrogen and oxygen atoms in total. The van der Waals surface area contributed by atoms with Crippen molar-refractivity contribution in [1.82, 2.24) is 0 Å². The number of carbonyl (C=O) groups is 2. The highest BCUT2D eigenvalue weighted by Crippen LogP contribution is 2.42. The lowest BCUT2D eigenvalue weighted by molar-refractivity contribution is -0.343. The molecule has 0 bridgehead atoms. The van der Waals surface area contributed by atoms with E-state index in [1.165, 1.54) is 12.2 Å². The number of phenolic OH excluding ortho intramolecular Hbond substituents is 2. The van der Waals surface area contributed by atoms with E-state index < -0.39 is 111 Å². The molecule has 0 aromatic heterocycles. The molecule has 2 heterocycles. The minimum Gasteiger partial charge on any atom is -0.508 e. The second-order valence-electron chi connectivity index (χ2n) is 14.7. The molecule has 1 aromatic carbocycles. The lowest BCUT2D eigenvalue weighted by Crippen LogP contribution is -2.64. The molecule has 322 valence electrons. The Morgan fingerprint density at radius 3 is 2.32 bits per heavy atom. The van der Waals surface area contributed by atoms with Crippen LogP contribution in [0.25, 0.3) is 0 Å². The Bertz CT molecular complexity index is 1480. The van der Waals surface area contributed by atoms with E-state index in [0.29, 0.717) is 18.8 Å². The predicted octanol–water partition coefficient (Wildman–Crippen LogP) is 2.10. The monoisotopic (exact) mass is 810 g/mol. The number of aliphatic hydroxyl groups is 7. The smallest absolute Gasteiger partial charge is 0.331 e. The number of carbonyl (C=O) groups excluding carboxylic acids is 2. The fourth-order valence-corrected chi connectivity index (χ4v) is 6.58. The molecular formula is C41H62O16. The molecule has 4 unspecified atom stereocenters. The van der Waals surface area contributed by atoms with Gasteiger partial charge in [-0.2, -0.15) is 0 Å². The highest BCUT2D eigenvalue weighted by molar-refractivity contribution is 5.82. The van der Waals surface area contributed by atoms with Crippen molar-refractivity contribution >= 4 is 11.9 Å². The highest BCUT2D eigenvalue weighted by atomic mass is 16.7. The van der Waals surface area contributed by atoms with Crippen LogP contribution in [0.1, 0.15) is 89.9 Å². The summed E-state index contributed by atoms with van der Waals surface area (Å²) in [6, 6.07) is 2.06. The van der Waals surface area contributed by atoms with Gasteiger partial charge in [0.05, 0.1) is 19.3 Å². The molecule has 0 aliphatic carbocycles. The number of allylic oxidation sites excluding steroid dienone is 4. The summed E-state index contributed by atoms with van der Waals surface area (Å²) in [7, 11) is 0. The van der Waals surface area contributed by atoms with E-state index in [0.717, 1.165) is 43.9 Å². The van der Waals surface area contributed by atoms with Crippen LogP contribution in [0.4, 0.5) is 0 Å². The SMILES string of the molecule is CCCC(=O)OC[C@H]1O[C@@H](O[C@H]2[C@H](OC(=O)/C=C/C=C/CC(O)C(C)CCC/C=C/C(C)CC)[C@@H](O)C(c3c(O)cc(O)cc3CO)O[C@@H]2CO)[C@H](O)[C@@H](O)[C@H]1O. The summed E-state index contributed by atoms with van der Waals surface area (Å²) >= 11 is 0.